The van der Waals surface area contributed by atoms with Crippen molar-refractivity contribution in [3.05, 3.63) is 48.3 Å². The highest BCUT2D eigenvalue weighted by molar-refractivity contribution is 5.95. The number of hydrogen-bond donors (Lipinski definition) is 1. The van der Waals surface area contributed by atoms with Crippen LogP contribution in [-0.4, -0.2) is 54.0 Å². The molecule has 1 unspecified atom stereocenters. The molecular weight excluding hydrogens is 314 g/mol. The van der Waals surface area contributed by atoms with Crippen molar-refractivity contribution in [3.8, 4) is 0 Å². The Bertz CT molecular complexity index is 681. The van der Waals surface area contributed by atoms with Crippen molar-refractivity contribution in [2.45, 2.75) is 19.3 Å². The van der Waals surface area contributed by atoms with Crippen LogP contribution in [-0.2, 0) is 4.79 Å². The molecule has 0 spiro atoms. The van der Waals surface area contributed by atoms with E-state index in [1.54, 1.807) is 12.4 Å². The lowest BCUT2D eigenvalue weighted by Gasteiger charge is -2.32. The molecule has 0 bridgehead atoms. The Morgan fingerprint density at radius 1 is 1.12 bits per heavy atom. The standard InChI is InChI=1S/C19H25N5O/c1-3-17(15-7-5-4-6-8-15)18(25)22-16-13-20-19(21-14-16)24-11-9-23(2)10-12-24/h4-8,13-14,17H,3,9-12H2,1-2H3,(H,22,25). The van der Waals surface area contributed by atoms with E-state index in [2.05, 4.69) is 32.1 Å². The number of likely N-dealkylation sites (N-methyl/N-ethyl adjacent to an activating group) is 1. The summed E-state index contributed by atoms with van der Waals surface area (Å²) >= 11 is 0. The van der Waals surface area contributed by atoms with Crippen LogP contribution in [0.15, 0.2) is 42.7 Å². The first kappa shape index (κ1) is 17.4. The lowest BCUT2D eigenvalue weighted by atomic mass is 9.95. The average Bonchev–Trinajstić information content (AvgIpc) is 2.65. The zero-order valence-corrected chi connectivity index (χ0v) is 14.9. The SMILES string of the molecule is CCC(C(=O)Nc1cnc(N2CCN(C)CC2)nc1)c1ccccc1. The van der Waals surface area contributed by atoms with Crippen molar-refractivity contribution in [1.82, 2.24) is 14.9 Å². The van der Waals surface area contributed by atoms with Gasteiger partial charge < -0.3 is 15.1 Å². The van der Waals surface area contributed by atoms with Gasteiger partial charge in [0.15, 0.2) is 0 Å². The molecule has 1 N–H and O–H groups in total. The maximum absolute atomic E-state index is 12.6. The zero-order chi connectivity index (χ0) is 17.6. The fraction of sp³-hybridized carbons (Fsp3) is 0.421. The zero-order valence-electron chi connectivity index (χ0n) is 14.9. The van der Waals surface area contributed by atoms with E-state index in [9.17, 15) is 4.79 Å². The summed E-state index contributed by atoms with van der Waals surface area (Å²) in [4.78, 5) is 25.9. The van der Waals surface area contributed by atoms with Gasteiger partial charge in [-0.15, -0.1) is 0 Å². The summed E-state index contributed by atoms with van der Waals surface area (Å²) < 4.78 is 0. The minimum absolute atomic E-state index is 0.0235. The second-order valence-electron chi connectivity index (χ2n) is 6.42. The van der Waals surface area contributed by atoms with Crippen molar-refractivity contribution in [3.63, 3.8) is 0 Å². The highest BCUT2D eigenvalue weighted by atomic mass is 16.1. The number of nitrogens with one attached hydrogen (secondary N) is 1. The molecule has 2 heterocycles. The molecule has 1 saturated heterocycles. The van der Waals surface area contributed by atoms with Crippen LogP contribution in [0, 0.1) is 0 Å². The molecule has 1 aliphatic heterocycles. The predicted molar refractivity (Wildman–Crippen MR) is 99.8 cm³/mol. The number of piperazine rings is 1. The summed E-state index contributed by atoms with van der Waals surface area (Å²) in [5, 5.41) is 2.94. The smallest absolute Gasteiger partial charge is 0.231 e. The molecule has 1 fully saturated rings. The first-order valence-electron chi connectivity index (χ1n) is 8.78. The predicted octanol–water partition coefficient (Wildman–Crippen LogP) is 2.36. The van der Waals surface area contributed by atoms with Gasteiger partial charge in [0, 0.05) is 26.2 Å². The van der Waals surface area contributed by atoms with Crippen molar-refractivity contribution >= 4 is 17.5 Å². The molecule has 1 amide bonds. The third kappa shape index (κ3) is 4.33. The van der Waals surface area contributed by atoms with Crippen molar-refractivity contribution in [2.24, 2.45) is 0 Å². The fourth-order valence-corrected chi connectivity index (χ4v) is 3.04. The molecule has 132 valence electrons. The molecule has 6 nitrogen and oxygen atoms in total. The summed E-state index contributed by atoms with van der Waals surface area (Å²) in [6, 6.07) is 9.85. The second-order valence-corrected chi connectivity index (χ2v) is 6.42. The van der Waals surface area contributed by atoms with Crippen molar-refractivity contribution in [2.75, 3.05) is 43.4 Å². The lowest BCUT2D eigenvalue weighted by molar-refractivity contribution is -0.117. The van der Waals surface area contributed by atoms with Crippen LogP contribution in [0.2, 0.25) is 0 Å². The fourth-order valence-electron chi connectivity index (χ4n) is 3.04. The minimum Gasteiger partial charge on any atom is -0.338 e. The number of carbonyl (C=O) groups excluding carboxylic acids is 1. The van der Waals surface area contributed by atoms with E-state index < -0.39 is 0 Å². The number of hydrogen-bond acceptors (Lipinski definition) is 5. The molecule has 1 aromatic carbocycles. The van der Waals surface area contributed by atoms with Gasteiger partial charge in [-0.25, -0.2) is 9.97 Å². The molecule has 0 saturated carbocycles. The van der Waals surface area contributed by atoms with Crippen molar-refractivity contribution in [1.29, 1.82) is 0 Å². The Hall–Kier alpha value is -2.47. The molecule has 1 aromatic heterocycles. The van der Waals surface area contributed by atoms with Gasteiger partial charge in [0.25, 0.3) is 0 Å². The molecule has 2 aromatic rings. The molecule has 1 atom stereocenters. The number of carbonyl (C=O) groups is 1. The topological polar surface area (TPSA) is 61.4 Å². The van der Waals surface area contributed by atoms with Gasteiger partial charge in [-0.05, 0) is 19.0 Å². The second kappa shape index (κ2) is 8.07. The Morgan fingerprint density at radius 3 is 2.36 bits per heavy atom. The maximum atomic E-state index is 12.6. The number of anilines is 2. The summed E-state index contributed by atoms with van der Waals surface area (Å²) in [5.74, 6) is 0.532. The van der Waals surface area contributed by atoms with E-state index in [-0.39, 0.29) is 11.8 Å². The van der Waals surface area contributed by atoms with E-state index in [1.807, 2.05) is 37.3 Å². The number of nitrogens with zero attached hydrogens (tertiary/aromatic N) is 4. The Morgan fingerprint density at radius 2 is 1.76 bits per heavy atom. The van der Waals surface area contributed by atoms with Crippen LogP contribution >= 0.6 is 0 Å². The highest BCUT2D eigenvalue weighted by Crippen LogP contribution is 2.21. The molecule has 25 heavy (non-hydrogen) atoms. The van der Waals surface area contributed by atoms with Gasteiger partial charge in [-0.2, -0.15) is 0 Å². The van der Waals surface area contributed by atoms with E-state index in [1.165, 1.54) is 0 Å². The summed E-state index contributed by atoms with van der Waals surface area (Å²) in [7, 11) is 2.12. The lowest BCUT2D eigenvalue weighted by Crippen LogP contribution is -2.45. The minimum atomic E-state index is -0.168. The number of benzene rings is 1. The molecule has 6 heteroatoms. The van der Waals surface area contributed by atoms with Gasteiger partial charge in [0.1, 0.15) is 0 Å². The van der Waals surface area contributed by atoms with E-state index >= 15 is 0 Å². The van der Waals surface area contributed by atoms with Crippen LogP contribution in [0.3, 0.4) is 0 Å². The van der Waals surface area contributed by atoms with E-state index in [0.29, 0.717) is 5.69 Å². The van der Waals surface area contributed by atoms with Gasteiger partial charge in [-0.3, -0.25) is 4.79 Å². The van der Waals surface area contributed by atoms with Gasteiger partial charge >= 0.3 is 0 Å². The van der Waals surface area contributed by atoms with Gasteiger partial charge in [0.2, 0.25) is 11.9 Å². The Kier molecular flexibility index (Phi) is 5.60. The largest absolute Gasteiger partial charge is 0.338 e. The monoisotopic (exact) mass is 339 g/mol. The Labute approximate surface area is 148 Å². The van der Waals surface area contributed by atoms with Crippen LogP contribution in [0.5, 0.6) is 0 Å². The van der Waals surface area contributed by atoms with Crippen LogP contribution in [0.25, 0.3) is 0 Å². The quantitative estimate of drug-likeness (QED) is 0.906. The third-order valence-electron chi connectivity index (χ3n) is 4.62. The molecular formula is C19H25N5O. The molecule has 1 aliphatic rings. The molecule has 0 aliphatic carbocycles. The van der Waals surface area contributed by atoms with Gasteiger partial charge in [0.05, 0.1) is 24.0 Å². The highest BCUT2D eigenvalue weighted by Gasteiger charge is 2.19. The van der Waals surface area contributed by atoms with Gasteiger partial charge in [-0.1, -0.05) is 37.3 Å². The average molecular weight is 339 g/mol. The summed E-state index contributed by atoms with van der Waals surface area (Å²) in [6.07, 6.45) is 4.13. The third-order valence-corrected chi connectivity index (χ3v) is 4.62. The van der Waals surface area contributed by atoms with Crippen LogP contribution < -0.4 is 10.2 Å². The maximum Gasteiger partial charge on any atom is 0.231 e. The number of aromatic nitrogens is 2. The van der Waals surface area contributed by atoms with E-state index in [0.717, 1.165) is 44.1 Å². The number of rotatable bonds is 5. The van der Waals surface area contributed by atoms with Crippen LogP contribution in [0.4, 0.5) is 11.6 Å². The first-order chi connectivity index (χ1) is 12.2. The van der Waals surface area contributed by atoms with E-state index in [4.69, 9.17) is 0 Å². The Balaban J connectivity index is 1.63. The number of amides is 1. The molecule has 0 radical (unpaired) electrons. The first-order valence-corrected chi connectivity index (χ1v) is 8.78. The van der Waals surface area contributed by atoms with Crippen LogP contribution in [0.1, 0.15) is 24.8 Å². The molecule has 3 rings (SSSR count). The van der Waals surface area contributed by atoms with Crippen molar-refractivity contribution < 1.29 is 4.79 Å². The summed E-state index contributed by atoms with van der Waals surface area (Å²) in [5.41, 5.74) is 1.66. The summed E-state index contributed by atoms with van der Waals surface area (Å²) in [6.45, 7) is 5.89. The normalized spacial score (nSPS) is 16.5.